The molecule has 5 nitrogen and oxygen atoms in total. The van der Waals surface area contributed by atoms with E-state index < -0.39 is 5.91 Å². The molecule has 0 aliphatic rings. The predicted molar refractivity (Wildman–Crippen MR) is 46.1 cm³/mol. The smallest absolute Gasteiger partial charge is 0.287 e. The van der Waals surface area contributed by atoms with Crippen LogP contribution in [0.3, 0.4) is 0 Å². The third-order valence-corrected chi connectivity index (χ3v) is 2.20. The minimum Gasteiger partial charge on any atom is -0.363 e. The standard InChI is InChI=1S/C7H5N3O2S/c8-6(11)5-3-4(10-12-5)7-9-1-2-13-7/h1-3H,(H2,8,11). The highest BCUT2D eigenvalue weighted by Crippen LogP contribution is 2.20. The van der Waals surface area contributed by atoms with Gasteiger partial charge in [-0.25, -0.2) is 4.98 Å². The normalized spacial score (nSPS) is 10.2. The molecule has 6 heteroatoms. The van der Waals surface area contributed by atoms with Gasteiger partial charge in [0.2, 0.25) is 5.76 Å². The van der Waals surface area contributed by atoms with E-state index >= 15 is 0 Å². The first kappa shape index (κ1) is 7.93. The van der Waals surface area contributed by atoms with Gasteiger partial charge in [-0.1, -0.05) is 5.16 Å². The van der Waals surface area contributed by atoms with Crippen molar-refractivity contribution in [1.29, 1.82) is 0 Å². The summed E-state index contributed by atoms with van der Waals surface area (Å²) in [6.07, 6.45) is 1.65. The van der Waals surface area contributed by atoms with E-state index in [1.54, 1.807) is 6.20 Å². The zero-order valence-corrected chi connectivity index (χ0v) is 7.25. The number of aromatic nitrogens is 2. The number of carbonyl (C=O) groups is 1. The molecule has 0 unspecified atom stereocenters. The number of carbonyl (C=O) groups excluding carboxylic acids is 1. The zero-order valence-electron chi connectivity index (χ0n) is 6.43. The first-order valence-electron chi connectivity index (χ1n) is 3.44. The molecule has 2 aromatic rings. The van der Waals surface area contributed by atoms with Crippen LogP contribution in [0, 0.1) is 0 Å². The Balaban J connectivity index is 2.39. The van der Waals surface area contributed by atoms with Crippen molar-refractivity contribution in [2.24, 2.45) is 5.73 Å². The van der Waals surface area contributed by atoms with Crippen molar-refractivity contribution in [2.45, 2.75) is 0 Å². The lowest BCUT2D eigenvalue weighted by Crippen LogP contribution is -2.09. The van der Waals surface area contributed by atoms with Gasteiger partial charge in [0.25, 0.3) is 5.91 Å². The summed E-state index contributed by atoms with van der Waals surface area (Å²) in [5, 5.41) is 6.17. The van der Waals surface area contributed by atoms with Crippen molar-refractivity contribution >= 4 is 17.2 Å². The van der Waals surface area contributed by atoms with Crippen molar-refractivity contribution < 1.29 is 9.32 Å². The van der Waals surface area contributed by atoms with Crippen molar-refractivity contribution in [3.63, 3.8) is 0 Å². The van der Waals surface area contributed by atoms with E-state index in [1.807, 2.05) is 5.38 Å². The van der Waals surface area contributed by atoms with Gasteiger partial charge in [0, 0.05) is 17.6 Å². The number of hydrogen-bond acceptors (Lipinski definition) is 5. The maximum Gasteiger partial charge on any atom is 0.287 e. The van der Waals surface area contributed by atoms with Crippen molar-refractivity contribution in [3.05, 3.63) is 23.4 Å². The topological polar surface area (TPSA) is 82.0 Å². The van der Waals surface area contributed by atoms with E-state index in [2.05, 4.69) is 10.1 Å². The van der Waals surface area contributed by atoms with Crippen LogP contribution in [0.25, 0.3) is 10.7 Å². The molecule has 2 N–H and O–H groups in total. The molecule has 0 saturated heterocycles. The maximum absolute atomic E-state index is 10.7. The number of primary amides is 1. The van der Waals surface area contributed by atoms with Crippen LogP contribution in [0.2, 0.25) is 0 Å². The number of nitrogens with zero attached hydrogens (tertiary/aromatic N) is 2. The van der Waals surface area contributed by atoms with E-state index in [4.69, 9.17) is 10.3 Å². The molecule has 0 atom stereocenters. The van der Waals surface area contributed by atoms with Gasteiger partial charge in [0.1, 0.15) is 10.7 Å². The molecular weight excluding hydrogens is 190 g/mol. The first-order valence-corrected chi connectivity index (χ1v) is 4.32. The Labute approximate surface area is 77.2 Å². The number of amides is 1. The van der Waals surface area contributed by atoms with Crippen LogP contribution in [-0.4, -0.2) is 16.0 Å². The van der Waals surface area contributed by atoms with Gasteiger partial charge in [0.15, 0.2) is 0 Å². The van der Waals surface area contributed by atoms with Gasteiger partial charge in [-0.2, -0.15) is 0 Å². The lowest BCUT2D eigenvalue weighted by molar-refractivity contribution is 0.0965. The van der Waals surface area contributed by atoms with E-state index in [9.17, 15) is 4.79 Å². The molecule has 13 heavy (non-hydrogen) atoms. The summed E-state index contributed by atoms with van der Waals surface area (Å²) in [6.45, 7) is 0. The van der Waals surface area contributed by atoms with Crippen LogP contribution in [0.15, 0.2) is 22.2 Å². The Morgan fingerprint density at radius 1 is 1.62 bits per heavy atom. The average Bonchev–Trinajstić information content (AvgIpc) is 2.75. The highest BCUT2D eigenvalue weighted by Gasteiger charge is 2.11. The summed E-state index contributed by atoms with van der Waals surface area (Å²) >= 11 is 1.42. The molecule has 0 radical (unpaired) electrons. The van der Waals surface area contributed by atoms with Crippen molar-refractivity contribution in [2.75, 3.05) is 0 Å². The highest BCUT2D eigenvalue weighted by molar-refractivity contribution is 7.13. The molecule has 2 rings (SSSR count). The SMILES string of the molecule is NC(=O)c1cc(-c2nccs2)no1. The van der Waals surface area contributed by atoms with Crippen LogP contribution < -0.4 is 5.73 Å². The number of rotatable bonds is 2. The highest BCUT2D eigenvalue weighted by atomic mass is 32.1. The monoisotopic (exact) mass is 195 g/mol. The number of thiazole rings is 1. The minimum absolute atomic E-state index is 0.0465. The van der Waals surface area contributed by atoms with E-state index in [1.165, 1.54) is 17.4 Å². The third-order valence-electron chi connectivity index (χ3n) is 1.40. The summed E-state index contributed by atoms with van der Waals surface area (Å²) in [5.74, 6) is -0.583. The molecule has 0 bridgehead atoms. The Bertz CT molecular complexity index is 421. The molecule has 0 aliphatic heterocycles. The molecular formula is C7H5N3O2S. The molecule has 2 aromatic heterocycles. The summed E-state index contributed by atoms with van der Waals surface area (Å²) in [7, 11) is 0. The Hall–Kier alpha value is -1.69. The molecule has 0 spiro atoms. The van der Waals surface area contributed by atoms with Crippen LogP contribution >= 0.6 is 11.3 Å². The lowest BCUT2D eigenvalue weighted by atomic mass is 10.3. The minimum atomic E-state index is -0.629. The second-order valence-electron chi connectivity index (χ2n) is 2.28. The molecule has 0 aromatic carbocycles. The first-order chi connectivity index (χ1) is 6.27. The molecule has 0 aliphatic carbocycles. The van der Waals surface area contributed by atoms with Gasteiger partial charge in [-0.15, -0.1) is 11.3 Å². The predicted octanol–water partition coefficient (Wildman–Crippen LogP) is 0.897. The van der Waals surface area contributed by atoms with Crippen LogP contribution in [0.1, 0.15) is 10.6 Å². The fourth-order valence-electron chi connectivity index (χ4n) is 0.842. The Morgan fingerprint density at radius 3 is 3.00 bits per heavy atom. The number of hydrogen-bond donors (Lipinski definition) is 1. The van der Waals surface area contributed by atoms with Gasteiger partial charge in [-0.3, -0.25) is 4.79 Å². The van der Waals surface area contributed by atoms with Gasteiger partial charge >= 0.3 is 0 Å². The molecule has 0 saturated carbocycles. The quantitative estimate of drug-likeness (QED) is 0.771. The van der Waals surface area contributed by atoms with Gasteiger partial charge < -0.3 is 10.3 Å². The van der Waals surface area contributed by atoms with Crippen molar-refractivity contribution in [1.82, 2.24) is 10.1 Å². The Kier molecular flexibility index (Phi) is 1.82. The second-order valence-corrected chi connectivity index (χ2v) is 3.17. The van der Waals surface area contributed by atoms with Gasteiger partial charge in [0.05, 0.1) is 0 Å². The molecule has 66 valence electrons. The fraction of sp³-hybridized carbons (Fsp3) is 0. The maximum atomic E-state index is 10.7. The third kappa shape index (κ3) is 1.43. The number of nitrogens with two attached hydrogens (primary N) is 1. The molecule has 0 fully saturated rings. The lowest BCUT2D eigenvalue weighted by Gasteiger charge is -1.81. The fourth-order valence-corrected chi connectivity index (χ4v) is 1.43. The van der Waals surface area contributed by atoms with E-state index in [0.717, 1.165) is 0 Å². The average molecular weight is 195 g/mol. The largest absolute Gasteiger partial charge is 0.363 e. The zero-order chi connectivity index (χ0) is 9.26. The summed E-state index contributed by atoms with van der Waals surface area (Å²) in [5.41, 5.74) is 5.52. The molecule has 1 amide bonds. The van der Waals surface area contributed by atoms with Crippen molar-refractivity contribution in [3.8, 4) is 10.7 Å². The van der Waals surface area contributed by atoms with Gasteiger partial charge in [-0.05, 0) is 0 Å². The molecule has 2 heterocycles. The summed E-state index contributed by atoms with van der Waals surface area (Å²) in [6, 6.07) is 1.47. The summed E-state index contributed by atoms with van der Waals surface area (Å²) in [4.78, 5) is 14.7. The van der Waals surface area contributed by atoms with Crippen LogP contribution in [0.5, 0.6) is 0 Å². The van der Waals surface area contributed by atoms with E-state index in [-0.39, 0.29) is 5.76 Å². The van der Waals surface area contributed by atoms with Crippen LogP contribution in [0.4, 0.5) is 0 Å². The van der Waals surface area contributed by atoms with Crippen LogP contribution in [-0.2, 0) is 0 Å². The Morgan fingerprint density at radius 2 is 2.46 bits per heavy atom. The van der Waals surface area contributed by atoms with E-state index in [0.29, 0.717) is 10.7 Å². The summed E-state index contributed by atoms with van der Waals surface area (Å²) < 4.78 is 4.69. The second kappa shape index (κ2) is 2.98.